The number of carbonyl (C=O) groups excluding carboxylic acids is 2. The SMILES string of the molecule is CC[C@@H]1CCCCN1C(=O)c1cc(OC)c(OCC(N)=O)c(OC)c1. The molecule has 0 unspecified atom stereocenters. The Morgan fingerprint density at radius 2 is 1.84 bits per heavy atom. The molecule has 0 aliphatic carbocycles. The van der Waals surface area contributed by atoms with Crippen molar-refractivity contribution in [3.8, 4) is 17.2 Å². The first-order valence-electron chi connectivity index (χ1n) is 8.49. The number of rotatable bonds is 7. The van der Waals surface area contributed by atoms with Gasteiger partial charge in [0.2, 0.25) is 5.75 Å². The lowest BCUT2D eigenvalue weighted by Gasteiger charge is -2.35. The highest BCUT2D eigenvalue weighted by atomic mass is 16.5. The molecule has 2 rings (SSSR count). The summed E-state index contributed by atoms with van der Waals surface area (Å²) >= 11 is 0. The first kappa shape index (κ1) is 18.9. The Labute approximate surface area is 148 Å². The topological polar surface area (TPSA) is 91.1 Å². The number of benzene rings is 1. The van der Waals surface area contributed by atoms with E-state index in [9.17, 15) is 9.59 Å². The van der Waals surface area contributed by atoms with Crippen molar-refractivity contribution in [2.24, 2.45) is 5.73 Å². The van der Waals surface area contributed by atoms with Gasteiger partial charge in [-0.3, -0.25) is 9.59 Å². The minimum absolute atomic E-state index is 0.0513. The van der Waals surface area contributed by atoms with E-state index in [4.69, 9.17) is 19.9 Å². The Morgan fingerprint density at radius 3 is 2.36 bits per heavy atom. The van der Waals surface area contributed by atoms with Crippen LogP contribution in [0.2, 0.25) is 0 Å². The van der Waals surface area contributed by atoms with E-state index in [0.717, 1.165) is 32.2 Å². The van der Waals surface area contributed by atoms with Gasteiger partial charge in [-0.25, -0.2) is 0 Å². The third kappa shape index (κ3) is 4.35. The average molecular weight is 350 g/mol. The van der Waals surface area contributed by atoms with Crippen molar-refractivity contribution in [3.05, 3.63) is 17.7 Å². The second-order valence-electron chi connectivity index (χ2n) is 6.02. The molecule has 2 amide bonds. The van der Waals surface area contributed by atoms with E-state index in [1.165, 1.54) is 14.2 Å². The monoisotopic (exact) mass is 350 g/mol. The van der Waals surface area contributed by atoms with Crippen molar-refractivity contribution in [3.63, 3.8) is 0 Å². The van der Waals surface area contributed by atoms with Crippen molar-refractivity contribution in [1.29, 1.82) is 0 Å². The predicted octanol–water partition coefficient (Wildman–Crippen LogP) is 1.97. The molecule has 25 heavy (non-hydrogen) atoms. The van der Waals surface area contributed by atoms with Gasteiger partial charge in [-0.2, -0.15) is 0 Å². The Hall–Kier alpha value is -2.44. The maximum atomic E-state index is 13.0. The molecule has 1 aliphatic heterocycles. The lowest BCUT2D eigenvalue weighted by molar-refractivity contribution is -0.120. The molecule has 1 fully saturated rings. The van der Waals surface area contributed by atoms with Crippen molar-refractivity contribution in [1.82, 2.24) is 4.90 Å². The van der Waals surface area contributed by atoms with Crippen LogP contribution in [0, 0.1) is 0 Å². The fourth-order valence-corrected chi connectivity index (χ4v) is 3.15. The van der Waals surface area contributed by atoms with Gasteiger partial charge in [0.25, 0.3) is 11.8 Å². The molecule has 1 atom stereocenters. The number of nitrogens with two attached hydrogens (primary N) is 1. The van der Waals surface area contributed by atoms with Gasteiger partial charge in [0.05, 0.1) is 14.2 Å². The van der Waals surface area contributed by atoms with Gasteiger partial charge in [-0.1, -0.05) is 6.92 Å². The van der Waals surface area contributed by atoms with Crippen LogP contribution in [0.3, 0.4) is 0 Å². The summed E-state index contributed by atoms with van der Waals surface area (Å²) in [6, 6.07) is 3.48. The fourth-order valence-electron chi connectivity index (χ4n) is 3.15. The molecule has 2 N–H and O–H groups in total. The van der Waals surface area contributed by atoms with Crippen LogP contribution in [-0.2, 0) is 4.79 Å². The van der Waals surface area contributed by atoms with Gasteiger partial charge in [-0.05, 0) is 37.8 Å². The van der Waals surface area contributed by atoms with Gasteiger partial charge in [0, 0.05) is 18.2 Å². The van der Waals surface area contributed by atoms with Gasteiger partial charge in [0.15, 0.2) is 18.1 Å². The molecule has 0 bridgehead atoms. The number of ether oxygens (including phenoxy) is 3. The number of nitrogens with zero attached hydrogens (tertiary/aromatic N) is 1. The zero-order chi connectivity index (χ0) is 18.4. The number of primary amides is 1. The van der Waals surface area contributed by atoms with Crippen LogP contribution >= 0.6 is 0 Å². The Bertz CT molecular complexity index is 607. The van der Waals surface area contributed by atoms with E-state index in [0.29, 0.717) is 17.1 Å². The molecule has 1 saturated heterocycles. The van der Waals surface area contributed by atoms with Gasteiger partial charge < -0.3 is 24.8 Å². The lowest BCUT2D eigenvalue weighted by atomic mass is 9.98. The summed E-state index contributed by atoms with van der Waals surface area (Å²) in [6.45, 7) is 2.55. The van der Waals surface area contributed by atoms with Crippen LogP contribution in [0.4, 0.5) is 0 Å². The quantitative estimate of drug-likeness (QED) is 0.812. The van der Waals surface area contributed by atoms with E-state index >= 15 is 0 Å². The van der Waals surface area contributed by atoms with Gasteiger partial charge in [-0.15, -0.1) is 0 Å². The molecular formula is C18H26N2O5. The maximum Gasteiger partial charge on any atom is 0.255 e. The summed E-state index contributed by atoms with van der Waals surface area (Å²) in [5, 5.41) is 0. The Morgan fingerprint density at radius 1 is 1.20 bits per heavy atom. The van der Waals surface area contributed by atoms with Crippen molar-refractivity contribution in [2.75, 3.05) is 27.4 Å². The molecule has 1 aromatic rings. The predicted molar refractivity (Wildman–Crippen MR) is 93.2 cm³/mol. The fraction of sp³-hybridized carbons (Fsp3) is 0.556. The summed E-state index contributed by atoms with van der Waals surface area (Å²) in [7, 11) is 2.94. The van der Waals surface area contributed by atoms with Crippen LogP contribution < -0.4 is 19.9 Å². The second kappa shape index (κ2) is 8.60. The van der Waals surface area contributed by atoms with E-state index in [2.05, 4.69) is 6.92 Å². The van der Waals surface area contributed by atoms with Crippen LogP contribution in [0.25, 0.3) is 0 Å². The van der Waals surface area contributed by atoms with Crippen LogP contribution in [-0.4, -0.2) is 50.1 Å². The lowest BCUT2D eigenvalue weighted by Crippen LogP contribution is -2.43. The zero-order valence-corrected chi connectivity index (χ0v) is 15.0. The Balaban J connectivity index is 2.34. The van der Waals surface area contributed by atoms with E-state index in [1.807, 2.05) is 4.90 Å². The first-order valence-corrected chi connectivity index (χ1v) is 8.49. The smallest absolute Gasteiger partial charge is 0.255 e. The van der Waals surface area contributed by atoms with Crippen LogP contribution in [0.15, 0.2) is 12.1 Å². The molecule has 1 aromatic carbocycles. The number of hydrogen-bond donors (Lipinski definition) is 1. The van der Waals surface area contributed by atoms with Crippen molar-refractivity contribution < 1.29 is 23.8 Å². The molecule has 0 aromatic heterocycles. The molecule has 0 radical (unpaired) electrons. The minimum atomic E-state index is -0.608. The first-order chi connectivity index (χ1) is 12.0. The summed E-state index contributed by atoms with van der Waals surface area (Å²) < 4.78 is 16.0. The van der Waals surface area contributed by atoms with Crippen molar-refractivity contribution in [2.45, 2.75) is 38.6 Å². The Kier molecular flexibility index (Phi) is 6.50. The van der Waals surface area contributed by atoms with Crippen LogP contribution in [0.1, 0.15) is 43.0 Å². The number of methoxy groups -OCH3 is 2. The summed E-state index contributed by atoms with van der Waals surface area (Å²) in [5.41, 5.74) is 5.60. The van der Waals surface area contributed by atoms with E-state index in [-0.39, 0.29) is 24.3 Å². The normalized spacial score (nSPS) is 17.1. The summed E-state index contributed by atoms with van der Waals surface area (Å²) in [6.07, 6.45) is 4.11. The molecule has 7 heteroatoms. The third-order valence-corrected chi connectivity index (χ3v) is 4.43. The molecule has 0 spiro atoms. The molecule has 1 heterocycles. The number of likely N-dealkylation sites (tertiary alicyclic amines) is 1. The molecule has 1 aliphatic rings. The maximum absolute atomic E-state index is 13.0. The standard InChI is InChI=1S/C18H26N2O5/c1-4-13-7-5-6-8-20(13)18(22)12-9-14(23-2)17(15(10-12)24-3)25-11-16(19)21/h9-10,13H,4-8,11H2,1-3H3,(H2,19,21)/t13-/m1/s1. The number of carbonyl (C=O) groups is 2. The highest BCUT2D eigenvalue weighted by Crippen LogP contribution is 2.39. The highest BCUT2D eigenvalue weighted by molar-refractivity contribution is 5.96. The number of amides is 2. The van der Waals surface area contributed by atoms with Crippen molar-refractivity contribution >= 4 is 11.8 Å². The average Bonchev–Trinajstić information content (AvgIpc) is 2.64. The molecule has 0 saturated carbocycles. The van der Waals surface area contributed by atoms with Gasteiger partial charge in [0.1, 0.15) is 0 Å². The zero-order valence-electron chi connectivity index (χ0n) is 15.0. The summed E-state index contributed by atoms with van der Waals surface area (Å²) in [4.78, 5) is 25.9. The molecular weight excluding hydrogens is 324 g/mol. The highest BCUT2D eigenvalue weighted by Gasteiger charge is 2.28. The van der Waals surface area contributed by atoms with E-state index < -0.39 is 5.91 Å². The summed E-state index contributed by atoms with van der Waals surface area (Å²) in [5.74, 6) is 0.252. The molecule has 7 nitrogen and oxygen atoms in total. The number of piperidine rings is 1. The third-order valence-electron chi connectivity index (χ3n) is 4.43. The van der Waals surface area contributed by atoms with Crippen LogP contribution in [0.5, 0.6) is 17.2 Å². The number of hydrogen-bond acceptors (Lipinski definition) is 5. The van der Waals surface area contributed by atoms with E-state index in [1.54, 1.807) is 12.1 Å². The second-order valence-corrected chi connectivity index (χ2v) is 6.02. The minimum Gasteiger partial charge on any atom is -0.493 e. The molecule has 138 valence electrons. The van der Waals surface area contributed by atoms with Gasteiger partial charge >= 0.3 is 0 Å². The largest absolute Gasteiger partial charge is 0.493 e.